The van der Waals surface area contributed by atoms with Gasteiger partial charge in [-0.1, -0.05) is 0 Å². The van der Waals surface area contributed by atoms with E-state index in [9.17, 15) is 4.79 Å². The third-order valence-electron chi connectivity index (χ3n) is 5.73. The van der Waals surface area contributed by atoms with Crippen LogP contribution in [0.15, 0.2) is 24.8 Å². The summed E-state index contributed by atoms with van der Waals surface area (Å²) in [5, 5.41) is 4.19. The molecule has 5 rings (SSSR count). The third kappa shape index (κ3) is 4.06. The van der Waals surface area contributed by atoms with Gasteiger partial charge in [0.1, 0.15) is 17.7 Å². The Kier molecular flexibility index (Phi) is 5.10. The Bertz CT molecular complexity index is 1080. The summed E-state index contributed by atoms with van der Waals surface area (Å²) in [7, 11) is 0. The van der Waals surface area contributed by atoms with Crippen molar-refractivity contribution in [3.05, 3.63) is 24.8 Å². The van der Waals surface area contributed by atoms with Crippen LogP contribution in [-0.4, -0.2) is 78.1 Å². The van der Waals surface area contributed by atoms with Gasteiger partial charge >= 0.3 is 6.09 Å². The number of anilines is 1. The molecule has 170 valence electrons. The molecule has 2 aliphatic rings. The van der Waals surface area contributed by atoms with Crippen molar-refractivity contribution in [2.75, 3.05) is 24.6 Å². The Hall–Kier alpha value is -3.37. The number of fused-ring (bicyclic) bond motifs is 3. The van der Waals surface area contributed by atoms with Crippen LogP contribution >= 0.6 is 0 Å². The van der Waals surface area contributed by atoms with Crippen molar-refractivity contribution in [3.8, 4) is 5.88 Å². The fourth-order valence-corrected chi connectivity index (χ4v) is 4.39. The topological polar surface area (TPSA) is 114 Å². The normalized spacial score (nSPS) is 20.7. The molecule has 0 unspecified atom stereocenters. The molecule has 2 aliphatic heterocycles. The maximum absolute atomic E-state index is 12.7. The van der Waals surface area contributed by atoms with Crippen LogP contribution in [0.4, 0.5) is 10.7 Å². The van der Waals surface area contributed by atoms with Gasteiger partial charge in [-0.25, -0.2) is 9.78 Å². The number of hydrogen-bond donors (Lipinski definition) is 1. The van der Waals surface area contributed by atoms with E-state index in [1.807, 2.05) is 37.9 Å². The van der Waals surface area contributed by atoms with E-state index in [1.165, 1.54) is 0 Å². The minimum absolute atomic E-state index is 0.0752. The van der Waals surface area contributed by atoms with E-state index < -0.39 is 5.60 Å². The summed E-state index contributed by atoms with van der Waals surface area (Å²) < 4.78 is 13.4. The van der Waals surface area contributed by atoms with Gasteiger partial charge in [0.15, 0.2) is 5.65 Å². The zero-order valence-electron chi connectivity index (χ0n) is 18.6. The van der Waals surface area contributed by atoms with Gasteiger partial charge in [-0.3, -0.25) is 9.58 Å². The maximum Gasteiger partial charge on any atom is 0.410 e. The molecule has 0 aliphatic carbocycles. The molecule has 3 aromatic heterocycles. The minimum Gasteiger partial charge on any atom is -0.474 e. The smallest absolute Gasteiger partial charge is 0.410 e. The van der Waals surface area contributed by atoms with Gasteiger partial charge < -0.3 is 19.4 Å². The lowest BCUT2D eigenvalue weighted by molar-refractivity contribution is 0.0122. The van der Waals surface area contributed by atoms with Crippen molar-refractivity contribution in [3.63, 3.8) is 0 Å². The molecule has 2 bridgehead atoms. The van der Waals surface area contributed by atoms with Gasteiger partial charge in [0.05, 0.1) is 25.0 Å². The maximum atomic E-state index is 12.7. The molecule has 11 nitrogen and oxygen atoms in total. The molecule has 0 radical (unpaired) electrons. The van der Waals surface area contributed by atoms with Crippen LogP contribution in [0.5, 0.6) is 5.88 Å². The van der Waals surface area contributed by atoms with Crippen LogP contribution in [0.2, 0.25) is 0 Å². The zero-order valence-corrected chi connectivity index (χ0v) is 18.6. The van der Waals surface area contributed by atoms with Gasteiger partial charge in [-0.2, -0.15) is 15.1 Å². The van der Waals surface area contributed by atoms with Gasteiger partial charge in [0, 0.05) is 25.5 Å². The molecule has 2 atom stereocenters. The van der Waals surface area contributed by atoms with Crippen molar-refractivity contribution in [2.45, 2.75) is 57.8 Å². The predicted molar refractivity (Wildman–Crippen MR) is 117 cm³/mol. The molecule has 0 saturated carbocycles. The fraction of sp³-hybridized carbons (Fsp3) is 0.571. The summed E-state index contributed by atoms with van der Waals surface area (Å²) in [5.41, 5.74) is 0.722. The first-order valence-electron chi connectivity index (χ1n) is 10.9. The highest BCUT2D eigenvalue weighted by molar-refractivity contribution is 5.77. The van der Waals surface area contributed by atoms with E-state index >= 15 is 0 Å². The van der Waals surface area contributed by atoms with Crippen LogP contribution in [0.25, 0.3) is 11.2 Å². The van der Waals surface area contributed by atoms with Crippen molar-refractivity contribution in [1.29, 1.82) is 0 Å². The monoisotopic (exact) mass is 440 g/mol. The lowest BCUT2D eigenvalue weighted by Crippen LogP contribution is -2.57. The number of carbonyl (C=O) groups is 1. The molecular weight excluding hydrogens is 412 g/mol. The largest absolute Gasteiger partial charge is 0.474 e. The number of H-pyrrole nitrogens is 1. The standard InChI is InChI=1S/C21H28N8O3/c1-21(2,3)32-20(30)29-14-5-6-15(29)12-27(11-14)19-25-17-16(22-13-23-17)18(26-19)31-10-9-28-8-4-7-24-28/h4,7-8,13-15H,5-6,9-12H2,1-3H3,(H,22,23,25,26)/t14-,15+. The van der Waals surface area contributed by atoms with Crippen LogP contribution in [0.1, 0.15) is 33.6 Å². The first kappa shape index (κ1) is 20.5. The molecule has 1 amide bonds. The fourth-order valence-electron chi connectivity index (χ4n) is 4.39. The SMILES string of the molecule is CC(C)(C)OC(=O)N1[C@@H]2CC[C@H]1CN(c1nc(OCCn3cccn3)c3[nH]cnc3n1)C2. The average molecular weight is 441 g/mol. The van der Waals surface area contributed by atoms with Crippen molar-refractivity contribution < 1.29 is 14.3 Å². The summed E-state index contributed by atoms with van der Waals surface area (Å²) >= 11 is 0. The highest BCUT2D eigenvalue weighted by Crippen LogP contribution is 2.34. The molecule has 1 N–H and O–H groups in total. The molecular formula is C21H28N8O3. The zero-order chi connectivity index (χ0) is 22.3. The first-order valence-corrected chi connectivity index (χ1v) is 10.9. The Morgan fingerprint density at radius 2 is 2.00 bits per heavy atom. The molecule has 5 heterocycles. The number of imidazole rings is 1. The number of ether oxygens (including phenoxy) is 2. The number of amides is 1. The molecule has 0 aromatic carbocycles. The number of rotatable bonds is 5. The van der Waals surface area contributed by atoms with Crippen LogP contribution < -0.4 is 9.64 Å². The molecule has 2 saturated heterocycles. The number of nitrogens with one attached hydrogen (secondary N) is 1. The highest BCUT2D eigenvalue weighted by Gasteiger charge is 2.45. The van der Waals surface area contributed by atoms with E-state index in [4.69, 9.17) is 14.5 Å². The Morgan fingerprint density at radius 1 is 1.22 bits per heavy atom. The van der Waals surface area contributed by atoms with Crippen molar-refractivity contribution in [2.24, 2.45) is 0 Å². The Balaban J connectivity index is 1.32. The number of nitrogens with zero attached hydrogens (tertiary/aromatic N) is 7. The summed E-state index contributed by atoms with van der Waals surface area (Å²) in [5.74, 6) is 1.04. The number of piperazine rings is 1. The lowest BCUT2D eigenvalue weighted by atomic mass is 10.2. The third-order valence-corrected chi connectivity index (χ3v) is 5.73. The molecule has 2 fully saturated rings. The van der Waals surface area contributed by atoms with E-state index in [0.29, 0.717) is 49.2 Å². The first-order chi connectivity index (χ1) is 15.4. The predicted octanol–water partition coefficient (Wildman–Crippen LogP) is 2.22. The van der Waals surface area contributed by atoms with E-state index in [2.05, 4.69) is 25.0 Å². The van der Waals surface area contributed by atoms with Gasteiger partial charge in [0.25, 0.3) is 0 Å². The summed E-state index contributed by atoms with van der Waals surface area (Å²) in [6, 6.07) is 2.03. The average Bonchev–Trinajstić information content (AvgIpc) is 3.46. The van der Waals surface area contributed by atoms with Gasteiger partial charge in [-0.05, 0) is 39.7 Å². The number of aromatic nitrogens is 6. The van der Waals surface area contributed by atoms with Gasteiger partial charge in [-0.15, -0.1) is 0 Å². The second-order valence-corrected chi connectivity index (χ2v) is 9.23. The minimum atomic E-state index is -0.510. The Morgan fingerprint density at radius 3 is 2.69 bits per heavy atom. The second-order valence-electron chi connectivity index (χ2n) is 9.23. The molecule has 11 heteroatoms. The van der Waals surface area contributed by atoms with Crippen LogP contribution in [0.3, 0.4) is 0 Å². The number of carbonyl (C=O) groups excluding carboxylic acids is 1. The van der Waals surface area contributed by atoms with Gasteiger partial charge in [0.2, 0.25) is 11.8 Å². The van der Waals surface area contributed by atoms with Crippen LogP contribution in [0, 0.1) is 0 Å². The molecule has 3 aromatic rings. The molecule has 0 spiro atoms. The van der Waals surface area contributed by atoms with E-state index in [1.54, 1.807) is 17.2 Å². The van der Waals surface area contributed by atoms with E-state index in [-0.39, 0.29) is 18.2 Å². The molecule has 32 heavy (non-hydrogen) atoms. The number of hydrogen-bond acceptors (Lipinski definition) is 8. The summed E-state index contributed by atoms with van der Waals surface area (Å²) in [6.45, 7) is 8.01. The highest BCUT2D eigenvalue weighted by atomic mass is 16.6. The summed E-state index contributed by atoms with van der Waals surface area (Å²) in [6.07, 6.45) is 6.86. The van der Waals surface area contributed by atoms with E-state index in [0.717, 1.165) is 12.8 Å². The lowest BCUT2D eigenvalue weighted by Gasteiger charge is -2.41. The van der Waals surface area contributed by atoms with Crippen molar-refractivity contribution in [1.82, 2.24) is 34.6 Å². The number of aromatic amines is 1. The quantitative estimate of drug-likeness (QED) is 0.642. The van der Waals surface area contributed by atoms with Crippen molar-refractivity contribution >= 4 is 23.2 Å². The summed E-state index contributed by atoms with van der Waals surface area (Å²) in [4.78, 5) is 33.5. The second kappa shape index (κ2) is 7.95. The van der Waals surface area contributed by atoms with Crippen LogP contribution in [-0.2, 0) is 11.3 Å². The Labute approximate surface area is 185 Å².